The third-order valence-electron chi connectivity index (χ3n) is 1.32. The minimum Gasteiger partial charge on any atom is -0.476 e. The van der Waals surface area contributed by atoms with Crippen LogP contribution >= 0.6 is 0 Å². The van der Waals surface area contributed by atoms with E-state index in [0.717, 1.165) is 0 Å². The molecule has 0 unspecified atom stereocenters. The summed E-state index contributed by atoms with van der Waals surface area (Å²) in [5.74, 6) is -1.08. The summed E-state index contributed by atoms with van der Waals surface area (Å²) in [5.41, 5.74) is 0.885. The van der Waals surface area contributed by atoms with Crippen LogP contribution in [0.4, 0.5) is 0 Å². The van der Waals surface area contributed by atoms with E-state index < -0.39 is 5.97 Å². The molecule has 1 N–H and O–H groups in total. The minimum atomic E-state index is -1.08. The highest BCUT2D eigenvalue weighted by molar-refractivity contribution is 5.90. The van der Waals surface area contributed by atoms with Crippen molar-refractivity contribution >= 4 is 11.5 Å². The Balaban J connectivity index is 3.26. The molecule has 0 aromatic carbocycles. The van der Waals surface area contributed by atoms with Crippen LogP contribution < -0.4 is 0 Å². The lowest BCUT2D eigenvalue weighted by atomic mass is 10.2. The molecule has 0 saturated heterocycles. The molecule has 0 aliphatic carbocycles. The molecular weight excluding hydrogens is 158 g/mol. The predicted octanol–water partition coefficient (Wildman–Crippen LogP) is 0.546. The SMILES string of the molecule is C=C(C)c1nn(C)nc1C(=O)O. The van der Waals surface area contributed by atoms with Crippen LogP contribution in [0, 0.1) is 0 Å². The summed E-state index contributed by atoms with van der Waals surface area (Å²) in [6.45, 7) is 5.29. The fraction of sp³-hybridized carbons (Fsp3) is 0.286. The Morgan fingerprint density at radius 2 is 2.00 bits per heavy atom. The van der Waals surface area contributed by atoms with Gasteiger partial charge in [0.15, 0.2) is 5.69 Å². The van der Waals surface area contributed by atoms with Gasteiger partial charge < -0.3 is 5.11 Å². The summed E-state index contributed by atoms with van der Waals surface area (Å²) in [7, 11) is 1.57. The lowest BCUT2D eigenvalue weighted by molar-refractivity contribution is 0.0689. The number of aromatic carboxylic acids is 1. The van der Waals surface area contributed by atoms with E-state index in [9.17, 15) is 4.79 Å². The maximum absolute atomic E-state index is 10.6. The first-order valence-corrected chi connectivity index (χ1v) is 3.33. The number of rotatable bonds is 2. The first kappa shape index (κ1) is 8.45. The number of aromatic nitrogens is 3. The molecule has 0 aliphatic heterocycles. The van der Waals surface area contributed by atoms with E-state index in [-0.39, 0.29) is 5.69 Å². The standard InChI is InChI=1S/C7H9N3O2/c1-4(2)5-6(7(11)12)9-10(3)8-5/h1H2,2-3H3,(H,11,12). The number of hydrogen-bond acceptors (Lipinski definition) is 3. The Bertz CT molecular complexity index is 309. The summed E-state index contributed by atoms with van der Waals surface area (Å²) >= 11 is 0. The highest BCUT2D eigenvalue weighted by atomic mass is 16.4. The highest BCUT2D eigenvalue weighted by Crippen LogP contribution is 2.11. The van der Waals surface area contributed by atoms with Crippen LogP contribution in [0.25, 0.3) is 5.57 Å². The monoisotopic (exact) mass is 167 g/mol. The van der Waals surface area contributed by atoms with Gasteiger partial charge in [0.25, 0.3) is 0 Å². The van der Waals surface area contributed by atoms with E-state index in [4.69, 9.17) is 5.11 Å². The van der Waals surface area contributed by atoms with Crippen molar-refractivity contribution in [2.45, 2.75) is 6.92 Å². The van der Waals surface area contributed by atoms with Gasteiger partial charge >= 0.3 is 5.97 Å². The zero-order valence-electron chi connectivity index (χ0n) is 6.90. The van der Waals surface area contributed by atoms with Crippen molar-refractivity contribution < 1.29 is 9.90 Å². The van der Waals surface area contributed by atoms with Crippen molar-refractivity contribution in [3.8, 4) is 0 Å². The Labute approximate surface area is 69.3 Å². The Morgan fingerprint density at radius 1 is 1.50 bits per heavy atom. The van der Waals surface area contributed by atoms with Crippen LogP contribution in [0.2, 0.25) is 0 Å². The first-order chi connectivity index (χ1) is 5.52. The molecule has 0 saturated carbocycles. The Kier molecular flexibility index (Phi) is 1.95. The maximum Gasteiger partial charge on any atom is 0.358 e. The fourth-order valence-corrected chi connectivity index (χ4v) is 0.838. The molecular formula is C7H9N3O2. The van der Waals surface area contributed by atoms with Gasteiger partial charge in [0.05, 0.1) is 0 Å². The molecule has 0 bridgehead atoms. The second-order valence-electron chi connectivity index (χ2n) is 2.47. The molecule has 0 amide bonds. The first-order valence-electron chi connectivity index (χ1n) is 3.33. The van der Waals surface area contributed by atoms with Crippen molar-refractivity contribution in [3.05, 3.63) is 18.0 Å². The lowest BCUT2D eigenvalue weighted by Crippen LogP contribution is -2.01. The van der Waals surface area contributed by atoms with E-state index in [0.29, 0.717) is 11.3 Å². The van der Waals surface area contributed by atoms with E-state index in [1.54, 1.807) is 14.0 Å². The van der Waals surface area contributed by atoms with Gasteiger partial charge in [-0.25, -0.2) is 4.79 Å². The van der Waals surface area contributed by atoms with Crippen LogP contribution in [0.3, 0.4) is 0 Å². The molecule has 64 valence electrons. The number of hydrogen-bond donors (Lipinski definition) is 1. The maximum atomic E-state index is 10.6. The molecule has 0 spiro atoms. The normalized spacial score (nSPS) is 9.83. The van der Waals surface area contributed by atoms with Crippen LogP contribution in [-0.2, 0) is 7.05 Å². The van der Waals surface area contributed by atoms with Gasteiger partial charge in [0.1, 0.15) is 5.69 Å². The lowest BCUT2D eigenvalue weighted by Gasteiger charge is -1.91. The average Bonchev–Trinajstić information content (AvgIpc) is 2.31. The molecule has 1 rings (SSSR count). The van der Waals surface area contributed by atoms with E-state index in [2.05, 4.69) is 16.8 Å². The van der Waals surface area contributed by atoms with Crippen LogP contribution in [0.1, 0.15) is 23.1 Å². The molecule has 1 heterocycles. The van der Waals surface area contributed by atoms with Crippen molar-refractivity contribution in [3.63, 3.8) is 0 Å². The summed E-state index contributed by atoms with van der Waals surface area (Å²) in [6, 6.07) is 0. The summed E-state index contributed by atoms with van der Waals surface area (Å²) in [4.78, 5) is 11.8. The fourth-order valence-electron chi connectivity index (χ4n) is 0.838. The van der Waals surface area contributed by atoms with Gasteiger partial charge in [-0.1, -0.05) is 6.58 Å². The van der Waals surface area contributed by atoms with Crippen LogP contribution in [0.15, 0.2) is 6.58 Å². The third-order valence-corrected chi connectivity index (χ3v) is 1.32. The van der Waals surface area contributed by atoms with Gasteiger partial charge in [0, 0.05) is 7.05 Å². The summed E-state index contributed by atoms with van der Waals surface area (Å²) in [6.07, 6.45) is 0. The smallest absolute Gasteiger partial charge is 0.358 e. The Morgan fingerprint density at radius 3 is 2.33 bits per heavy atom. The van der Waals surface area contributed by atoms with Crippen molar-refractivity contribution in [1.82, 2.24) is 15.0 Å². The largest absolute Gasteiger partial charge is 0.476 e. The second-order valence-corrected chi connectivity index (χ2v) is 2.47. The van der Waals surface area contributed by atoms with E-state index in [1.165, 1.54) is 4.80 Å². The second kappa shape index (κ2) is 2.77. The topological polar surface area (TPSA) is 68.0 Å². The number of aryl methyl sites for hydroxylation is 1. The Hall–Kier alpha value is -1.65. The number of nitrogens with zero attached hydrogens (tertiary/aromatic N) is 3. The molecule has 0 aliphatic rings. The molecule has 5 heteroatoms. The van der Waals surface area contributed by atoms with E-state index in [1.807, 2.05) is 0 Å². The molecule has 1 aromatic rings. The molecule has 12 heavy (non-hydrogen) atoms. The van der Waals surface area contributed by atoms with E-state index >= 15 is 0 Å². The average molecular weight is 167 g/mol. The number of carboxylic acid groups (broad SMARTS) is 1. The summed E-state index contributed by atoms with van der Waals surface area (Å²) < 4.78 is 0. The van der Waals surface area contributed by atoms with Gasteiger partial charge in [-0.3, -0.25) is 0 Å². The molecule has 0 atom stereocenters. The van der Waals surface area contributed by atoms with Crippen LogP contribution in [-0.4, -0.2) is 26.1 Å². The van der Waals surface area contributed by atoms with Gasteiger partial charge in [0.2, 0.25) is 0 Å². The third kappa shape index (κ3) is 1.34. The van der Waals surface area contributed by atoms with Crippen molar-refractivity contribution in [2.24, 2.45) is 7.05 Å². The van der Waals surface area contributed by atoms with Crippen LogP contribution in [0.5, 0.6) is 0 Å². The minimum absolute atomic E-state index is 0.0509. The van der Waals surface area contributed by atoms with Gasteiger partial charge in [-0.2, -0.15) is 9.90 Å². The highest BCUT2D eigenvalue weighted by Gasteiger charge is 2.16. The molecule has 5 nitrogen and oxygen atoms in total. The molecule has 0 radical (unpaired) electrons. The van der Waals surface area contributed by atoms with Crippen molar-refractivity contribution in [2.75, 3.05) is 0 Å². The number of allylic oxidation sites excluding steroid dienone is 1. The van der Waals surface area contributed by atoms with Crippen molar-refractivity contribution in [1.29, 1.82) is 0 Å². The van der Waals surface area contributed by atoms with Gasteiger partial charge in [-0.05, 0) is 12.5 Å². The predicted molar refractivity (Wildman–Crippen MR) is 42.7 cm³/mol. The zero-order chi connectivity index (χ0) is 9.30. The number of carboxylic acids is 1. The zero-order valence-corrected chi connectivity index (χ0v) is 6.90. The number of carbonyl (C=O) groups is 1. The molecule has 1 aromatic heterocycles. The molecule has 0 fully saturated rings. The summed E-state index contributed by atoms with van der Waals surface area (Å²) in [5, 5.41) is 16.2. The quantitative estimate of drug-likeness (QED) is 0.698. The van der Waals surface area contributed by atoms with Gasteiger partial charge in [-0.15, -0.1) is 5.10 Å².